The number of hydrogen-bond donors (Lipinski definition) is 4. The Kier molecular flexibility index (Phi) is 6.10. The lowest BCUT2D eigenvalue weighted by Gasteiger charge is -2.27. The second kappa shape index (κ2) is 9.03. The van der Waals surface area contributed by atoms with Gasteiger partial charge in [-0.3, -0.25) is 4.79 Å². The quantitative estimate of drug-likeness (QED) is 0.387. The zero-order chi connectivity index (χ0) is 25.3. The summed E-state index contributed by atoms with van der Waals surface area (Å²) in [6, 6.07) is 9.78. The predicted molar refractivity (Wildman–Crippen MR) is 127 cm³/mol. The molecule has 2 heterocycles. The first-order chi connectivity index (χ1) is 16.6. The number of phenols is 4. The maximum atomic E-state index is 13.0. The first kappa shape index (κ1) is 23.7. The van der Waals surface area contributed by atoms with E-state index in [9.17, 15) is 30.0 Å². The first-order valence-electron chi connectivity index (χ1n) is 10.5. The van der Waals surface area contributed by atoms with Gasteiger partial charge in [0.05, 0.1) is 6.42 Å². The van der Waals surface area contributed by atoms with Gasteiger partial charge >= 0.3 is 5.63 Å². The lowest BCUT2D eigenvalue weighted by Crippen LogP contribution is -2.38. The monoisotopic (exact) mass is 478 g/mol. The molecule has 3 aromatic rings. The molecule has 0 fully saturated rings. The van der Waals surface area contributed by atoms with Crippen LogP contribution in [0.1, 0.15) is 35.8 Å². The topological polar surface area (TPSA) is 147 Å². The minimum absolute atomic E-state index is 0.0556. The predicted octanol–water partition coefficient (Wildman–Crippen LogP) is 3.89. The van der Waals surface area contributed by atoms with Gasteiger partial charge in [-0.1, -0.05) is 18.2 Å². The van der Waals surface area contributed by atoms with Gasteiger partial charge in [0.25, 0.3) is 0 Å². The highest BCUT2D eigenvalue weighted by Crippen LogP contribution is 2.46. The van der Waals surface area contributed by atoms with E-state index in [0.29, 0.717) is 11.1 Å². The molecule has 0 radical (unpaired) electrons. The van der Waals surface area contributed by atoms with E-state index in [4.69, 9.17) is 13.9 Å². The van der Waals surface area contributed by atoms with Crippen molar-refractivity contribution in [3.8, 4) is 28.7 Å². The molecule has 0 saturated heterocycles. The Morgan fingerprint density at radius 3 is 2.17 bits per heavy atom. The van der Waals surface area contributed by atoms with Crippen molar-refractivity contribution in [3.63, 3.8) is 0 Å². The fourth-order valence-electron chi connectivity index (χ4n) is 3.80. The van der Waals surface area contributed by atoms with E-state index in [1.54, 1.807) is 12.1 Å². The van der Waals surface area contributed by atoms with Crippen molar-refractivity contribution in [2.45, 2.75) is 19.1 Å². The lowest BCUT2D eigenvalue weighted by molar-refractivity contribution is -0.138. The van der Waals surface area contributed by atoms with Gasteiger partial charge in [-0.15, -0.1) is 0 Å². The number of fused-ring (bicyclic) bond motifs is 1. The van der Waals surface area contributed by atoms with Crippen LogP contribution in [0.15, 0.2) is 51.7 Å². The summed E-state index contributed by atoms with van der Waals surface area (Å²) < 4.78 is 17.1. The third-order valence-corrected chi connectivity index (χ3v) is 5.45. The van der Waals surface area contributed by atoms with Crippen LogP contribution in [0.2, 0.25) is 0 Å². The number of ketones is 1. The number of rotatable bonds is 6. The van der Waals surface area contributed by atoms with E-state index in [0.717, 1.165) is 0 Å². The molecular weight excluding hydrogens is 456 g/mol. The van der Waals surface area contributed by atoms with Crippen LogP contribution in [0.25, 0.3) is 23.8 Å². The zero-order valence-corrected chi connectivity index (χ0v) is 18.8. The van der Waals surface area contributed by atoms with Gasteiger partial charge in [0, 0.05) is 18.7 Å². The highest BCUT2D eigenvalue weighted by Gasteiger charge is 2.48. The Balaban J connectivity index is 1.81. The molecule has 35 heavy (non-hydrogen) atoms. The van der Waals surface area contributed by atoms with E-state index in [-0.39, 0.29) is 57.8 Å². The molecular formula is C26H22O9. The van der Waals surface area contributed by atoms with Crippen molar-refractivity contribution in [2.75, 3.05) is 7.11 Å². The standard InChI is InChI=1S/C26H22O9/c1-14(27)13-26(33-2)18(9-16-5-8-20(29)22(31)11-16)24-23(35-26)12-17(34-25(24)32)6-3-15-4-7-19(28)21(30)10-15/h3-12,28-31H,13H2,1-2H3/b6-3+,18-9-/t26-/m1/s1. The number of carbonyl (C=O) groups is 1. The molecule has 0 bridgehead atoms. The van der Waals surface area contributed by atoms with Crippen LogP contribution in [0.3, 0.4) is 0 Å². The highest BCUT2D eigenvalue weighted by molar-refractivity contribution is 5.93. The third kappa shape index (κ3) is 4.62. The number of hydrogen-bond acceptors (Lipinski definition) is 9. The molecule has 180 valence electrons. The summed E-state index contributed by atoms with van der Waals surface area (Å²) in [5.41, 5.74) is 0.502. The van der Waals surface area contributed by atoms with Gasteiger partial charge in [-0.05, 0) is 54.5 Å². The van der Waals surface area contributed by atoms with Crippen LogP contribution in [0.5, 0.6) is 28.7 Å². The number of benzene rings is 2. The molecule has 1 aromatic heterocycles. The largest absolute Gasteiger partial charge is 0.504 e. The van der Waals surface area contributed by atoms with Crippen molar-refractivity contribution in [1.82, 2.24) is 0 Å². The molecule has 1 aliphatic rings. The smallest absolute Gasteiger partial charge is 0.347 e. The van der Waals surface area contributed by atoms with Crippen LogP contribution in [0.4, 0.5) is 0 Å². The minimum atomic E-state index is -1.61. The van der Waals surface area contributed by atoms with Crippen LogP contribution >= 0.6 is 0 Å². The van der Waals surface area contributed by atoms with Gasteiger partial charge in [-0.2, -0.15) is 0 Å². The fourth-order valence-corrected chi connectivity index (χ4v) is 3.80. The Labute approximate surface area is 199 Å². The van der Waals surface area contributed by atoms with Crippen molar-refractivity contribution < 1.29 is 39.1 Å². The summed E-state index contributed by atoms with van der Waals surface area (Å²) in [4.78, 5) is 25.1. The average Bonchev–Trinajstić information content (AvgIpc) is 3.10. The summed E-state index contributed by atoms with van der Waals surface area (Å²) in [5.74, 6) is -2.82. The molecule has 4 N–H and O–H groups in total. The van der Waals surface area contributed by atoms with E-state index < -0.39 is 11.4 Å². The number of methoxy groups -OCH3 is 1. The highest BCUT2D eigenvalue weighted by atomic mass is 16.7. The first-order valence-corrected chi connectivity index (χ1v) is 10.5. The summed E-state index contributed by atoms with van der Waals surface area (Å²) in [6.45, 7) is 1.36. The SMILES string of the molecule is CO[C@]1(CC(C)=O)Oc2cc(/C=C/c3ccc(O)c(O)c3)oc(=O)c2/C1=C/c1ccc(O)c(O)c1. The van der Waals surface area contributed by atoms with E-state index in [1.165, 1.54) is 62.6 Å². The van der Waals surface area contributed by atoms with Gasteiger partial charge in [0.15, 0.2) is 23.0 Å². The van der Waals surface area contributed by atoms with Crippen molar-refractivity contribution in [1.29, 1.82) is 0 Å². The molecule has 9 heteroatoms. The minimum Gasteiger partial charge on any atom is -0.504 e. The number of Topliss-reactive ketones (excluding diaryl/α,β-unsaturated/α-hetero) is 1. The second-order valence-electron chi connectivity index (χ2n) is 8.00. The molecule has 0 aliphatic carbocycles. The molecule has 0 saturated carbocycles. The lowest BCUT2D eigenvalue weighted by atomic mass is 9.94. The number of phenolic OH excluding ortho intramolecular Hbond substituents is 4. The Bertz CT molecular complexity index is 1430. The van der Waals surface area contributed by atoms with Crippen LogP contribution in [0, 0.1) is 0 Å². The van der Waals surface area contributed by atoms with E-state index in [1.807, 2.05) is 0 Å². The molecule has 2 aromatic carbocycles. The fraction of sp³-hybridized carbons (Fsp3) is 0.154. The summed E-state index contributed by atoms with van der Waals surface area (Å²) in [6.07, 6.45) is 4.36. The number of ether oxygens (including phenoxy) is 2. The maximum absolute atomic E-state index is 13.0. The molecule has 4 rings (SSSR count). The average molecular weight is 478 g/mol. The van der Waals surface area contributed by atoms with Crippen molar-refractivity contribution in [3.05, 3.63) is 75.3 Å². The van der Waals surface area contributed by atoms with Gasteiger partial charge in [0.2, 0.25) is 5.79 Å². The number of carbonyl (C=O) groups excluding carboxylic acids is 1. The molecule has 1 aliphatic heterocycles. The summed E-state index contributed by atoms with van der Waals surface area (Å²) in [7, 11) is 1.34. The van der Waals surface area contributed by atoms with Crippen molar-refractivity contribution in [2.24, 2.45) is 0 Å². The van der Waals surface area contributed by atoms with Crippen LogP contribution < -0.4 is 10.4 Å². The Morgan fingerprint density at radius 2 is 1.57 bits per heavy atom. The van der Waals surface area contributed by atoms with Gasteiger partial charge in [-0.25, -0.2) is 4.79 Å². The molecule has 0 spiro atoms. The van der Waals surface area contributed by atoms with Gasteiger partial charge < -0.3 is 34.3 Å². The zero-order valence-electron chi connectivity index (χ0n) is 18.8. The van der Waals surface area contributed by atoms with Crippen LogP contribution in [-0.4, -0.2) is 39.1 Å². The molecule has 0 amide bonds. The molecule has 1 atom stereocenters. The maximum Gasteiger partial charge on any atom is 0.347 e. The molecule has 9 nitrogen and oxygen atoms in total. The third-order valence-electron chi connectivity index (χ3n) is 5.45. The van der Waals surface area contributed by atoms with Gasteiger partial charge in [0.1, 0.15) is 22.9 Å². The van der Waals surface area contributed by atoms with Crippen LogP contribution in [-0.2, 0) is 9.53 Å². The van der Waals surface area contributed by atoms with E-state index in [2.05, 4.69) is 0 Å². The van der Waals surface area contributed by atoms with E-state index >= 15 is 0 Å². The summed E-state index contributed by atoms with van der Waals surface area (Å²) >= 11 is 0. The summed E-state index contributed by atoms with van der Waals surface area (Å²) in [5, 5.41) is 38.6. The number of aromatic hydroxyl groups is 4. The molecule has 0 unspecified atom stereocenters. The second-order valence-corrected chi connectivity index (χ2v) is 8.00. The van der Waals surface area contributed by atoms with Crippen molar-refractivity contribution >= 4 is 29.6 Å². The Morgan fingerprint density at radius 1 is 0.943 bits per heavy atom. The Hall–Kier alpha value is -4.50. The normalized spacial score (nSPS) is 18.1.